The number of benzene rings is 2. The van der Waals surface area contributed by atoms with Gasteiger partial charge in [0.2, 0.25) is 21.8 Å². The minimum atomic E-state index is -3.71. The normalized spacial score (nSPS) is 13.1. The molecule has 2 aromatic rings. The lowest BCUT2D eigenvalue weighted by molar-refractivity contribution is -0.141. The summed E-state index contributed by atoms with van der Waals surface area (Å²) in [4.78, 5) is 27.9. The van der Waals surface area contributed by atoms with Crippen LogP contribution in [0, 0.1) is 5.82 Å². The SMILES string of the molecule is CC[C@@H](C)NC(=O)[C@@H](CC)N(Cc1ccc(F)cc1)C(=O)CCCN(c1cc(Cl)ccc1Cl)S(C)(=O)=O. The first-order chi connectivity index (χ1) is 17.4. The molecule has 0 aromatic heterocycles. The van der Waals surface area contributed by atoms with Crippen LogP contribution in [0.2, 0.25) is 10.0 Å². The molecule has 0 fully saturated rings. The van der Waals surface area contributed by atoms with Gasteiger partial charge in [-0.15, -0.1) is 0 Å². The number of rotatable bonds is 13. The van der Waals surface area contributed by atoms with Gasteiger partial charge in [-0.3, -0.25) is 13.9 Å². The van der Waals surface area contributed by atoms with E-state index in [9.17, 15) is 22.4 Å². The summed E-state index contributed by atoms with van der Waals surface area (Å²) in [5.41, 5.74) is 0.902. The van der Waals surface area contributed by atoms with Crippen LogP contribution in [0.4, 0.5) is 10.1 Å². The lowest BCUT2D eigenvalue weighted by atomic mass is 10.1. The summed E-state index contributed by atoms with van der Waals surface area (Å²) >= 11 is 12.3. The van der Waals surface area contributed by atoms with E-state index in [4.69, 9.17) is 23.2 Å². The zero-order valence-electron chi connectivity index (χ0n) is 21.5. The summed E-state index contributed by atoms with van der Waals surface area (Å²) in [5.74, 6) is -0.986. The van der Waals surface area contributed by atoms with Crippen molar-refractivity contribution in [2.45, 2.75) is 65.1 Å². The molecule has 2 atom stereocenters. The van der Waals surface area contributed by atoms with Gasteiger partial charge in [0, 0.05) is 30.6 Å². The van der Waals surface area contributed by atoms with Crippen LogP contribution >= 0.6 is 23.2 Å². The van der Waals surface area contributed by atoms with Crippen molar-refractivity contribution in [3.63, 3.8) is 0 Å². The molecule has 0 spiro atoms. The van der Waals surface area contributed by atoms with Crippen LogP contribution in [-0.2, 0) is 26.2 Å². The van der Waals surface area contributed by atoms with Gasteiger partial charge >= 0.3 is 0 Å². The minimum Gasteiger partial charge on any atom is -0.352 e. The molecule has 2 rings (SSSR count). The van der Waals surface area contributed by atoms with Crippen LogP contribution in [0.5, 0.6) is 0 Å². The highest BCUT2D eigenvalue weighted by Gasteiger charge is 2.29. The van der Waals surface area contributed by atoms with Crippen molar-refractivity contribution in [1.82, 2.24) is 10.2 Å². The fourth-order valence-corrected chi connectivity index (χ4v) is 5.21. The van der Waals surface area contributed by atoms with Crippen LogP contribution in [0.1, 0.15) is 52.0 Å². The van der Waals surface area contributed by atoms with E-state index >= 15 is 0 Å². The zero-order valence-corrected chi connectivity index (χ0v) is 23.8. The molecule has 0 aliphatic heterocycles. The van der Waals surface area contributed by atoms with Crippen molar-refractivity contribution < 1.29 is 22.4 Å². The van der Waals surface area contributed by atoms with Gasteiger partial charge in [0.1, 0.15) is 11.9 Å². The molecule has 2 aromatic carbocycles. The second kappa shape index (κ2) is 14.0. The van der Waals surface area contributed by atoms with E-state index in [2.05, 4.69) is 5.32 Å². The third-order valence-electron chi connectivity index (χ3n) is 5.98. The van der Waals surface area contributed by atoms with E-state index in [-0.39, 0.29) is 54.5 Å². The number of nitrogens with zero attached hydrogens (tertiary/aromatic N) is 2. The molecule has 7 nitrogen and oxygen atoms in total. The van der Waals surface area contributed by atoms with E-state index in [0.717, 1.165) is 17.0 Å². The summed E-state index contributed by atoms with van der Waals surface area (Å²) in [6, 6.07) is 9.47. The predicted molar refractivity (Wildman–Crippen MR) is 147 cm³/mol. The largest absolute Gasteiger partial charge is 0.352 e. The van der Waals surface area contributed by atoms with E-state index in [0.29, 0.717) is 17.0 Å². The summed E-state index contributed by atoms with van der Waals surface area (Å²) in [6.07, 6.45) is 2.33. The smallest absolute Gasteiger partial charge is 0.243 e. The number of nitrogens with one attached hydrogen (secondary N) is 1. The Morgan fingerprint density at radius 1 is 1.05 bits per heavy atom. The lowest BCUT2D eigenvalue weighted by Crippen LogP contribution is -2.50. The van der Waals surface area contributed by atoms with Crippen molar-refractivity contribution in [2.75, 3.05) is 17.1 Å². The Morgan fingerprint density at radius 3 is 2.27 bits per heavy atom. The van der Waals surface area contributed by atoms with Gasteiger partial charge in [-0.25, -0.2) is 12.8 Å². The monoisotopic (exact) mass is 573 g/mol. The number of amides is 2. The first-order valence-corrected chi connectivity index (χ1v) is 14.7. The van der Waals surface area contributed by atoms with Gasteiger partial charge < -0.3 is 10.2 Å². The van der Waals surface area contributed by atoms with Gasteiger partial charge in [-0.1, -0.05) is 49.2 Å². The highest BCUT2D eigenvalue weighted by molar-refractivity contribution is 7.92. The van der Waals surface area contributed by atoms with E-state index < -0.39 is 21.9 Å². The summed E-state index contributed by atoms with van der Waals surface area (Å²) in [6.45, 7) is 5.76. The number of hydrogen-bond donors (Lipinski definition) is 1. The Balaban J connectivity index is 2.25. The first kappa shape index (κ1) is 30.9. The van der Waals surface area contributed by atoms with Crippen molar-refractivity contribution in [1.29, 1.82) is 0 Å². The third-order valence-corrected chi connectivity index (χ3v) is 7.72. The standard InChI is InChI=1S/C26H34Cl2FN3O4S/c1-5-18(3)30-26(34)23(6-2)31(17-19-9-12-21(29)13-10-19)25(33)8-7-15-32(37(4,35)36)24-16-20(27)11-14-22(24)28/h9-14,16,18,23H,5-8,15,17H2,1-4H3,(H,30,34)/t18-,23-/m1/s1. The van der Waals surface area contributed by atoms with E-state index in [1.54, 1.807) is 18.2 Å². The molecule has 0 aliphatic carbocycles. The molecule has 37 heavy (non-hydrogen) atoms. The van der Waals surface area contributed by atoms with Crippen molar-refractivity contribution in [3.8, 4) is 0 Å². The zero-order chi connectivity index (χ0) is 27.8. The van der Waals surface area contributed by atoms with Crippen LogP contribution in [0.15, 0.2) is 42.5 Å². The second-order valence-corrected chi connectivity index (χ2v) is 11.7. The maximum Gasteiger partial charge on any atom is 0.243 e. The van der Waals surface area contributed by atoms with E-state index in [1.807, 2.05) is 20.8 Å². The maximum atomic E-state index is 13.4. The average Bonchev–Trinajstić information content (AvgIpc) is 2.83. The number of carbonyl (C=O) groups is 2. The second-order valence-electron chi connectivity index (χ2n) is 8.92. The minimum absolute atomic E-state index is 0.00905. The molecule has 11 heteroatoms. The topological polar surface area (TPSA) is 86.8 Å². The molecule has 0 aliphatic rings. The molecule has 0 saturated heterocycles. The molecular weight excluding hydrogens is 540 g/mol. The molecular formula is C26H34Cl2FN3O4S. The number of hydrogen-bond acceptors (Lipinski definition) is 4. The molecule has 0 heterocycles. The van der Waals surface area contributed by atoms with Crippen LogP contribution < -0.4 is 9.62 Å². The Bertz CT molecular complexity index is 1180. The Hall–Kier alpha value is -2.36. The van der Waals surface area contributed by atoms with Gasteiger partial charge in [0.15, 0.2) is 0 Å². The van der Waals surface area contributed by atoms with Crippen molar-refractivity contribution in [3.05, 3.63) is 63.9 Å². The number of carbonyl (C=O) groups excluding carboxylic acids is 2. The molecule has 0 bridgehead atoms. The fraction of sp³-hybridized carbons (Fsp3) is 0.462. The van der Waals surface area contributed by atoms with Crippen LogP contribution in [-0.4, -0.2) is 50.0 Å². The summed E-state index contributed by atoms with van der Waals surface area (Å²) < 4.78 is 39.5. The fourth-order valence-electron chi connectivity index (χ4n) is 3.81. The van der Waals surface area contributed by atoms with Crippen molar-refractivity contribution in [2.24, 2.45) is 0 Å². The highest BCUT2D eigenvalue weighted by Crippen LogP contribution is 2.31. The molecule has 0 saturated carbocycles. The van der Waals surface area contributed by atoms with Crippen molar-refractivity contribution >= 4 is 50.7 Å². The van der Waals surface area contributed by atoms with Gasteiger partial charge in [0.05, 0.1) is 17.0 Å². The van der Waals surface area contributed by atoms with Crippen LogP contribution in [0.25, 0.3) is 0 Å². The molecule has 2 amide bonds. The molecule has 0 radical (unpaired) electrons. The average molecular weight is 575 g/mol. The predicted octanol–water partition coefficient (Wildman–Crippen LogP) is 5.40. The van der Waals surface area contributed by atoms with Gasteiger partial charge in [-0.2, -0.15) is 0 Å². The molecule has 204 valence electrons. The van der Waals surface area contributed by atoms with Gasteiger partial charge in [-0.05, 0) is 62.1 Å². The maximum absolute atomic E-state index is 13.4. The lowest BCUT2D eigenvalue weighted by Gasteiger charge is -2.32. The summed E-state index contributed by atoms with van der Waals surface area (Å²) in [5, 5.41) is 3.47. The van der Waals surface area contributed by atoms with Gasteiger partial charge in [0.25, 0.3) is 0 Å². The number of anilines is 1. The molecule has 1 N–H and O–H groups in total. The Labute approximate surface area is 229 Å². The quantitative estimate of drug-likeness (QED) is 0.347. The number of sulfonamides is 1. The third kappa shape index (κ3) is 9.16. The number of halogens is 3. The summed E-state index contributed by atoms with van der Waals surface area (Å²) in [7, 11) is -3.71. The Kier molecular flexibility index (Phi) is 11.7. The highest BCUT2D eigenvalue weighted by atomic mass is 35.5. The Morgan fingerprint density at radius 2 is 1.70 bits per heavy atom. The molecule has 0 unspecified atom stereocenters. The first-order valence-electron chi connectivity index (χ1n) is 12.1. The van der Waals surface area contributed by atoms with Crippen LogP contribution in [0.3, 0.4) is 0 Å². The van der Waals surface area contributed by atoms with E-state index in [1.165, 1.54) is 29.2 Å².